The summed E-state index contributed by atoms with van der Waals surface area (Å²) in [6.07, 6.45) is 7.30. The monoisotopic (exact) mass is 532 g/mol. The summed E-state index contributed by atoms with van der Waals surface area (Å²) in [6, 6.07) is 16.5. The number of nitrogens with zero attached hydrogens (tertiary/aromatic N) is 3. The maximum absolute atomic E-state index is 11.7. The van der Waals surface area contributed by atoms with Crippen LogP contribution in [0, 0.1) is 0 Å². The van der Waals surface area contributed by atoms with E-state index in [1.807, 2.05) is 28.8 Å². The summed E-state index contributed by atoms with van der Waals surface area (Å²) in [6.45, 7) is 12.3. The molecule has 202 valence electrons. The standard InChI is InChI=1S/C30H40N4O3Si/c1-30(2,3)38(5,6)37-20-24(34-18-27(29(31)35)32-21-34)13-12-23-17-33(4)28-15-14-25(16-26(23)28)36-19-22-10-8-7-9-11-22/h7-11,14-18,21,24H,12-13,19-20H2,1-6H3,(H2,31,35). The highest BCUT2D eigenvalue weighted by atomic mass is 28.4. The van der Waals surface area contributed by atoms with E-state index in [9.17, 15) is 4.79 Å². The van der Waals surface area contributed by atoms with Crippen molar-refractivity contribution in [3.63, 3.8) is 0 Å². The molecule has 2 N–H and O–H groups in total. The molecule has 1 amide bonds. The van der Waals surface area contributed by atoms with Crippen LogP contribution in [-0.2, 0) is 24.5 Å². The highest BCUT2D eigenvalue weighted by Crippen LogP contribution is 2.37. The lowest BCUT2D eigenvalue weighted by molar-refractivity contribution is 0.0995. The summed E-state index contributed by atoms with van der Waals surface area (Å²) in [5.41, 5.74) is 9.31. The average Bonchev–Trinajstić information content (AvgIpc) is 3.48. The van der Waals surface area contributed by atoms with Crippen molar-refractivity contribution in [3.8, 4) is 5.75 Å². The molecule has 0 aliphatic carbocycles. The fourth-order valence-corrected chi connectivity index (χ4v) is 5.35. The first kappa shape index (κ1) is 27.7. The Labute approximate surface area is 226 Å². The molecule has 4 aromatic rings. The zero-order valence-corrected chi connectivity index (χ0v) is 24.4. The summed E-state index contributed by atoms with van der Waals surface area (Å²) in [5, 5.41) is 1.29. The van der Waals surface area contributed by atoms with Gasteiger partial charge in [-0.2, -0.15) is 0 Å². The fourth-order valence-electron chi connectivity index (χ4n) is 4.31. The third-order valence-electron chi connectivity index (χ3n) is 7.76. The molecule has 1 unspecified atom stereocenters. The van der Waals surface area contributed by atoms with Crippen LogP contribution >= 0.6 is 0 Å². The molecule has 2 aromatic heterocycles. The number of carbonyl (C=O) groups is 1. The fraction of sp³-hybridized carbons (Fsp3) is 0.400. The van der Waals surface area contributed by atoms with E-state index < -0.39 is 14.2 Å². The maximum Gasteiger partial charge on any atom is 0.268 e. The average molecular weight is 533 g/mol. The van der Waals surface area contributed by atoms with Crippen molar-refractivity contribution in [2.75, 3.05) is 6.61 Å². The molecule has 4 rings (SSSR count). The molecule has 0 radical (unpaired) electrons. The first-order valence-corrected chi connectivity index (χ1v) is 16.1. The predicted octanol–water partition coefficient (Wildman–Crippen LogP) is 6.25. The topological polar surface area (TPSA) is 84.3 Å². The zero-order valence-electron chi connectivity index (χ0n) is 23.4. The van der Waals surface area contributed by atoms with Gasteiger partial charge in [-0.05, 0) is 60.3 Å². The van der Waals surface area contributed by atoms with Crippen molar-refractivity contribution < 1.29 is 14.0 Å². The third-order valence-corrected chi connectivity index (χ3v) is 12.3. The van der Waals surface area contributed by atoms with Gasteiger partial charge < -0.3 is 24.0 Å². The molecule has 0 saturated heterocycles. The second-order valence-electron chi connectivity index (χ2n) is 11.6. The molecule has 0 bridgehead atoms. The van der Waals surface area contributed by atoms with E-state index in [-0.39, 0.29) is 16.8 Å². The molecule has 2 heterocycles. The van der Waals surface area contributed by atoms with Crippen LogP contribution in [0.1, 0.15) is 54.8 Å². The van der Waals surface area contributed by atoms with Crippen molar-refractivity contribution in [2.24, 2.45) is 12.8 Å². The Morgan fingerprint density at radius 1 is 1.11 bits per heavy atom. The molecule has 1 atom stereocenters. The van der Waals surface area contributed by atoms with E-state index in [2.05, 4.69) is 80.9 Å². The van der Waals surface area contributed by atoms with Gasteiger partial charge in [-0.15, -0.1) is 0 Å². The summed E-state index contributed by atoms with van der Waals surface area (Å²) >= 11 is 0. The molecule has 0 saturated carbocycles. The number of aryl methyl sites for hydroxylation is 2. The van der Waals surface area contributed by atoms with Gasteiger partial charge >= 0.3 is 0 Å². The predicted molar refractivity (Wildman–Crippen MR) is 155 cm³/mol. The van der Waals surface area contributed by atoms with Gasteiger partial charge in [0.05, 0.1) is 19.0 Å². The van der Waals surface area contributed by atoms with Crippen LogP contribution in [-0.4, -0.2) is 34.9 Å². The lowest BCUT2D eigenvalue weighted by Gasteiger charge is -2.37. The molecule has 0 fully saturated rings. The van der Waals surface area contributed by atoms with E-state index in [0.29, 0.717) is 13.2 Å². The first-order valence-electron chi connectivity index (χ1n) is 13.2. The van der Waals surface area contributed by atoms with Crippen molar-refractivity contribution in [1.29, 1.82) is 0 Å². The van der Waals surface area contributed by atoms with Crippen LogP contribution in [0.2, 0.25) is 18.1 Å². The highest BCUT2D eigenvalue weighted by Gasteiger charge is 2.37. The second-order valence-corrected chi connectivity index (χ2v) is 16.4. The lowest BCUT2D eigenvalue weighted by atomic mass is 10.0. The number of hydrogen-bond acceptors (Lipinski definition) is 4. The maximum atomic E-state index is 11.7. The van der Waals surface area contributed by atoms with E-state index in [4.69, 9.17) is 14.9 Å². The Hall–Kier alpha value is -3.36. The van der Waals surface area contributed by atoms with Crippen LogP contribution in [0.15, 0.2) is 67.3 Å². The van der Waals surface area contributed by atoms with E-state index in [0.717, 1.165) is 24.2 Å². The summed E-state index contributed by atoms with van der Waals surface area (Å²) < 4.78 is 16.9. The Kier molecular flexibility index (Phi) is 8.13. The van der Waals surface area contributed by atoms with Gasteiger partial charge in [-0.25, -0.2) is 4.98 Å². The SMILES string of the molecule is Cn1cc(CCC(CO[Si](C)(C)C(C)(C)C)n2cnc(C(N)=O)c2)c2cc(OCc3ccccc3)ccc21. The number of primary amides is 1. The summed E-state index contributed by atoms with van der Waals surface area (Å²) in [4.78, 5) is 15.9. The lowest BCUT2D eigenvalue weighted by Crippen LogP contribution is -2.42. The summed E-state index contributed by atoms with van der Waals surface area (Å²) in [5.74, 6) is 0.331. The van der Waals surface area contributed by atoms with Crippen LogP contribution in [0.5, 0.6) is 5.75 Å². The number of carbonyl (C=O) groups excluding carboxylic acids is 1. The molecule has 0 aliphatic heterocycles. The molecular formula is C30H40N4O3Si. The quantitative estimate of drug-likeness (QED) is 0.232. The van der Waals surface area contributed by atoms with Crippen molar-refractivity contribution in [1.82, 2.24) is 14.1 Å². The van der Waals surface area contributed by atoms with Crippen molar-refractivity contribution in [2.45, 2.75) is 64.4 Å². The number of hydrogen-bond donors (Lipinski definition) is 1. The Balaban J connectivity index is 1.54. The van der Waals surface area contributed by atoms with Gasteiger partial charge in [0.15, 0.2) is 8.32 Å². The van der Waals surface area contributed by atoms with E-state index in [1.165, 1.54) is 16.5 Å². The number of aromatic nitrogens is 3. The number of ether oxygens (including phenoxy) is 1. The number of imidazole rings is 1. The minimum atomic E-state index is -1.95. The Bertz CT molecular complexity index is 1390. The normalized spacial score (nSPS) is 13.1. The number of rotatable bonds is 11. The molecule has 7 nitrogen and oxygen atoms in total. The van der Waals surface area contributed by atoms with Gasteiger partial charge in [-0.3, -0.25) is 4.79 Å². The number of nitrogens with two attached hydrogens (primary N) is 1. The van der Waals surface area contributed by atoms with Crippen molar-refractivity contribution >= 4 is 25.1 Å². The molecule has 2 aromatic carbocycles. The van der Waals surface area contributed by atoms with Gasteiger partial charge in [0.1, 0.15) is 18.1 Å². The minimum absolute atomic E-state index is 0.0255. The number of fused-ring (bicyclic) bond motifs is 1. The van der Waals surface area contributed by atoms with Crippen LogP contribution in [0.3, 0.4) is 0 Å². The molecular weight excluding hydrogens is 492 g/mol. The number of amides is 1. The zero-order chi connectivity index (χ0) is 27.5. The van der Waals surface area contributed by atoms with Crippen LogP contribution in [0.25, 0.3) is 10.9 Å². The largest absolute Gasteiger partial charge is 0.489 e. The second kappa shape index (κ2) is 11.2. The van der Waals surface area contributed by atoms with Gasteiger partial charge in [0.25, 0.3) is 5.91 Å². The van der Waals surface area contributed by atoms with Crippen LogP contribution in [0.4, 0.5) is 0 Å². The number of benzene rings is 2. The smallest absolute Gasteiger partial charge is 0.268 e. The van der Waals surface area contributed by atoms with E-state index in [1.54, 1.807) is 12.5 Å². The van der Waals surface area contributed by atoms with Gasteiger partial charge in [0, 0.05) is 30.3 Å². The third kappa shape index (κ3) is 6.37. The molecule has 0 aliphatic rings. The summed E-state index contributed by atoms with van der Waals surface area (Å²) in [7, 11) is 0.119. The van der Waals surface area contributed by atoms with Crippen molar-refractivity contribution in [3.05, 3.63) is 84.1 Å². The Morgan fingerprint density at radius 3 is 2.50 bits per heavy atom. The van der Waals surface area contributed by atoms with Gasteiger partial charge in [-0.1, -0.05) is 51.1 Å². The van der Waals surface area contributed by atoms with Crippen LogP contribution < -0.4 is 10.5 Å². The highest BCUT2D eigenvalue weighted by molar-refractivity contribution is 6.74. The molecule has 8 heteroatoms. The minimum Gasteiger partial charge on any atom is -0.489 e. The molecule has 0 spiro atoms. The Morgan fingerprint density at radius 2 is 1.84 bits per heavy atom. The van der Waals surface area contributed by atoms with Gasteiger partial charge in [0.2, 0.25) is 0 Å². The van der Waals surface area contributed by atoms with E-state index >= 15 is 0 Å². The molecule has 38 heavy (non-hydrogen) atoms. The first-order chi connectivity index (χ1) is 17.9.